The van der Waals surface area contributed by atoms with Gasteiger partial charge in [0, 0.05) is 16.4 Å². The van der Waals surface area contributed by atoms with E-state index in [2.05, 4.69) is 20.6 Å². The van der Waals surface area contributed by atoms with Gasteiger partial charge >= 0.3 is 6.18 Å². The molecule has 3 aromatic rings. The van der Waals surface area contributed by atoms with Crippen LogP contribution in [-0.4, -0.2) is 9.97 Å². The van der Waals surface area contributed by atoms with Gasteiger partial charge in [-0.2, -0.15) is 13.2 Å². The molecule has 0 aliphatic carbocycles. The van der Waals surface area contributed by atoms with Crippen molar-refractivity contribution in [3.8, 4) is 0 Å². The van der Waals surface area contributed by atoms with E-state index in [-0.39, 0.29) is 17.2 Å². The number of nitrogens with zero attached hydrogens (tertiary/aromatic N) is 2. The van der Waals surface area contributed by atoms with Crippen molar-refractivity contribution >= 4 is 40.3 Å². The number of alkyl halides is 3. The lowest BCUT2D eigenvalue weighted by Crippen LogP contribution is -2.07. The lowest BCUT2D eigenvalue weighted by atomic mass is 10.2. The molecule has 0 saturated heterocycles. The number of nitrogens with two attached hydrogens (primary N) is 1. The van der Waals surface area contributed by atoms with Crippen molar-refractivity contribution in [2.45, 2.75) is 13.1 Å². The van der Waals surface area contributed by atoms with E-state index in [1.54, 1.807) is 12.1 Å². The molecule has 0 radical (unpaired) electrons. The van der Waals surface area contributed by atoms with Crippen molar-refractivity contribution in [1.29, 1.82) is 0 Å². The van der Waals surface area contributed by atoms with Crippen LogP contribution < -0.4 is 16.4 Å². The minimum atomic E-state index is -4.44. The molecular weight excluding hydrogens is 379 g/mol. The second kappa shape index (κ2) is 7.32. The van der Waals surface area contributed by atoms with Crippen LogP contribution in [0.2, 0.25) is 5.02 Å². The Morgan fingerprint density at radius 2 is 1.67 bits per heavy atom. The highest BCUT2D eigenvalue weighted by Gasteiger charge is 2.30. The summed E-state index contributed by atoms with van der Waals surface area (Å²) in [7, 11) is 0. The van der Waals surface area contributed by atoms with Gasteiger partial charge in [0.05, 0.1) is 5.56 Å². The van der Waals surface area contributed by atoms with Crippen LogP contribution in [-0.2, 0) is 6.18 Å². The molecule has 0 bridgehead atoms. The maximum Gasteiger partial charge on any atom is 0.416 e. The van der Waals surface area contributed by atoms with Crippen LogP contribution in [0, 0.1) is 6.92 Å². The van der Waals surface area contributed by atoms with Gasteiger partial charge in [-0.05, 0) is 42.8 Å². The Balaban J connectivity index is 1.88. The number of hydrogen-bond donors (Lipinski definition) is 3. The van der Waals surface area contributed by atoms with E-state index in [4.69, 9.17) is 17.3 Å². The van der Waals surface area contributed by atoms with Crippen molar-refractivity contribution in [2.75, 3.05) is 16.4 Å². The third-order valence-electron chi connectivity index (χ3n) is 3.86. The predicted octanol–water partition coefficient (Wildman–Crippen LogP) is 5.53. The summed E-state index contributed by atoms with van der Waals surface area (Å²) in [5.74, 6) is 0.497. The molecule has 0 spiro atoms. The zero-order chi connectivity index (χ0) is 19.6. The van der Waals surface area contributed by atoms with Crippen LogP contribution in [0.5, 0.6) is 0 Å². The van der Waals surface area contributed by atoms with Gasteiger partial charge in [0.15, 0.2) is 11.6 Å². The molecule has 0 aliphatic rings. The second-order valence-corrected chi connectivity index (χ2v) is 6.13. The van der Waals surface area contributed by atoms with Gasteiger partial charge in [-0.1, -0.05) is 23.7 Å². The smallest absolute Gasteiger partial charge is 0.393 e. The molecule has 9 heteroatoms. The van der Waals surface area contributed by atoms with Gasteiger partial charge < -0.3 is 16.4 Å². The molecule has 5 nitrogen and oxygen atoms in total. The van der Waals surface area contributed by atoms with Crippen LogP contribution in [0.3, 0.4) is 0 Å². The number of nitrogen functional groups attached to an aromatic ring is 1. The standard InChI is InChI=1S/C18H15ClF3N5/c1-10-13(19)6-3-7-14(10)27-17-15(23)16(24-9-25-17)26-12-5-2-4-11(8-12)18(20,21)22/h2-9H,23H2,1H3,(H2,24,25,26,27). The van der Waals surface area contributed by atoms with Crippen molar-refractivity contribution in [1.82, 2.24) is 9.97 Å². The summed E-state index contributed by atoms with van der Waals surface area (Å²) in [6.07, 6.45) is -3.18. The van der Waals surface area contributed by atoms with Gasteiger partial charge in [-0.15, -0.1) is 0 Å². The number of anilines is 5. The molecular formula is C18H15ClF3N5. The summed E-state index contributed by atoms with van der Waals surface area (Å²) >= 11 is 6.10. The maximum atomic E-state index is 12.9. The lowest BCUT2D eigenvalue weighted by Gasteiger charge is -2.15. The van der Waals surface area contributed by atoms with Crippen LogP contribution in [0.25, 0.3) is 0 Å². The molecule has 0 atom stereocenters. The number of halogens is 4. The zero-order valence-electron chi connectivity index (χ0n) is 14.1. The largest absolute Gasteiger partial charge is 0.416 e. The highest BCUT2D eigenvalue weighted by molar-refractivity contribution is 6.31. The first kappa shape index (κ1) is 18.8. The molecule has 1 aromatic heterocycles. The van der Waals surface area contributed by atoms with E-state index in [1.807, 2.05) is 13.0 Å². The van der Waals surface area contributed by atoms with Crippen molar-refractivity contribution < 1.29 is 13.2 Å². The molecule has 0 unspecified atom stereocenters. The van der Waals surface area contributed by atoms with E-state index in [0.717, 1.165) is 17.7 Å². The normalized spacial score (nSPS) is 11.3. The van der Waals surface area contributed by atoms with Crippen molar-refractivity contribution in [2.24, 2.45) is 0 Å². The maximum absolute atomic E-state index is 12.9. The van der Waals surface area contributed by atoms with Gasteiger partial charge in [0.2, 0.25) is 0 Å². The first-order valence-corrected chi connectivity index (χ1v) is 8.20. The number of nitrogens with one attached hydrogen (secondary N) is 2. The Labute approximate surface area is 158 Å². The molecule has 4 N–H and O–H groups in total. The van der Waals surface area contributed by atoms with E-state index in [9.17, 15) is 13.2 Å². The van der Waals surface area contributed by atoms with Crippen LogP contribution in [0.15, 0.2) is 48.8 Å². The fourth-order valence-electron chi connectivity index (χ4n) is 2.38. The average Bonchev–Trinajstić information content (AvgIpc) is 2.62. The van der Waals surface area contributed by atoms with E-state index in [1.165, 1.54) is 18.5 Å². The van der Waals surface area contributed by atoms with Gasteiger partial charge in [0.25, 0.3) is 0 Å². The topological polar surface area (TPSA) is 75.9 Å². The third kappa shape index (κ3) is 4.22. The Hall–Kier alpha value is -3.00. The summed E-state index contributed by atoms with van der Waals surface area (Å²) < 4.78 is 38.6. The first-order chi connectivity index (χ1) is 12.8. The summed E-state index contributed by atoms with van der Waals surface area (Å²) in [5, 5.41) is 6.44. The van der Waals surface area contributed by atoms with Crippen molar-refractivity contribution in [3.05, 3.63) is 64.9 Å². The molecule has 3 rings (SSSR count). The average molecular weight is 394 g/mol. The first-order valence-electron chi connectivity index (χ1n) is 7.82. The summed E-state index contributed by atoms with van der Waals surface area (Å²) in [6.45, 7) is 1.84. The van der Waals surface area contributed by atoms with Gasteiger partial charge in [-0.25, -0.2) is 9.97 Å². The van der Waals surface area contributed by atoms with Gasteiger partial charge in [-0.3, -0.25) is 0 Å². The molecule has 2 aromatic carbocycles. The third-order valence-corrected chi connectivity index (χ3v) is 4.27. The van der Waals surface area contributed by atoms with Crippen LogP contribution in [0.4, 0.5) is 41.9 Å². The second-order valence-electron chi connectivity index (χ2n) is 5.73. The highest BCUT2D eigenvalue weighted by atomic mass is 35.5. The quantitative estimate of drug-likeness (QED) is 0.543. The highest BCUT2D eigenvalue weighted by Crippen LogP contribution is 2.33. The zero-order valence-corrected chi connectivity index (χ0v) is 14.9. The van der Waals surface area contributed by atoms with Gasteiger partial charge in [0.1, 0.15) is 12.0 Å². The van der Waals surface area contributed by atoms with Crippen LogP contribution >= 0.6 is 11.6 Å². The Bertz CT molecular complexity index is 975. The minimum absolute atomic E-state index is 0.161. The van der Waals surface area contributed by atoms with E-state index in [0.29, 0.717) is 16.5 Å². The molecule has 0 aliphatic heterocycles. The van der Waals surface area contributed by atoms with E-state index >= 15 is 0 Å². The van der Waals surface area contributed by atoms with E-state index < -0.39 is 11.7 Å². The SMILES string of the molecule is Cc1c(Cl)cccc1Nc1ncnc(Nc2cccc(C(F)(F)F)c2)c1N. The molecule has 140 valence electrons. The number of rotatable bonds is 4. The number of aromatic nitrogens is 2. The Morgan fingerprint density at radius 1 is 1.00 bits per heavy atom. The Kier molecular flexibility index (Phi) is 5.09. The lowest BCUT2D eigenvalue weighted by molar-refractivity contribution is -0.137. The summed E-state index contributed by atoms with van der Waals surface area (Å²) in [4.78, 5) is 8.11. The number of hydrogen-bond acceptors (Lipinski definition) is 5. The minimum Gasteiger partial charge on any atom is -0.393 e. The molecule has 0 fully saturated rings. The molecule has 27 heavy (non-hydrogen) atoms. The molecule has 0 saturated carbocycles. The summed E-state index contributed by atoms with van der Waals surface area (Å²) in [6, 6.07) is 10.1. The monoisotopic (exact) mass is 393 g/mol. The molecule has 0 amide bonds. The van der Waals surface area contributed by atoms with Crippen molar-refractivity contribution in [3.63, 3.8) is 0 Å². The number of benzene rings is 2. The van der Waals surface area contributed by atoms with Crippen LogP contribution in [0.1, 0.15) is 11.1 Å². The molecule has 1 heterocycles. The fraction of sp³-hybridized carbons (Fsp3) is 0.111. The fourth-order valence-corrected chi connectivity index (χ4v) is 2.55. The Morgan fingerprint density at radius 3 is 2.37 bits per heavy atom. The predicted molar refractivity (Wildman–Crippen MR) is 101 cm³/mol. The summed E-state index contributed by atoms with van der Waals surface area (Å²) in [5.41, 5.74) is 7.20.